The van der Waals surface area contributed by atoms with E-state index in [2.05, 4.69) is 11.9 Å². The molecule has 0 bridgehead atoms. The summed E-state index contributed by atoms with van der Waals surface area (Å²) in [5.41, 5.74) is -0.266. The second-order valence-electron chi connectivity index (χ2n) is 12.4. The second kappa shape index (κ2) is 8.38. The molecule has 7 nitrogen and oxygen atoms in total. The summed E-state index contributed by atoms with van der Waals surface area (Å²) in [6.07, 6.45) is 10.5. The number of carbonyl (C=O) groups excluding carboxylic acids is 2. The molecule has 2 N–H and O–H groups in total. The number of esters is 2. The quantitative estimate of drug-likeness (QED) is 0.614. The molecule has 7 heteroatoms. The Morgan fingerprint density at radius 2 is 1.97 bits per heavy atom. The highest BCUT2D eigenvalue weighted by Gasteiger charge is 2.70. The summed E-state index contributed by atoms with van der Waals surface area (Å²) in [7, 11) is 0. The Balaban J connectivity index is 1.21. The molecular weight excluding hydrogens is 458 g/mol. The minimum absolute atomic E-state index is 0.0119. The van der Waals surface area contributed by atoms with E-state index in [1.807, 2.05) is 6.92 Å². The first kappa shape index (κ1) is 24.1. The predicted molar refractivity (Wildman–Crippen MR) is 131 cm³/mol. The first-order valence-electron chi connectivity index (χ1n) is 13.6. The van der Waals surface area contributed by atoms with Gasteiger partial charge in [0.2, 0.25) is 0 Å². The fourth-order valence-electron chi connectivity index (χ4n) is 9.16. The van der Waals surface area contributed by atoms with Crippen molar-refractivity contribution in [1.29, 1.82) is 0 Å². The van der Waals surface area contributed by atoms with Gasteiger partial charge >= 0.3 is 11.9 Å². The topological polar surface area (TPSA) is 106 Å². The maximum Gasteiger partial charge on any atom is 0.339 e. The average molecular weight is 496 g/mol. The van der Waals surface area contributed by atoms with E-state index in [0.29, 0.717) is 24.3 Å². The lowest BCUT2D eigenvalue weighted by molar-refractivity contribution is -0.244. The summed E-state index contributed by atoms with van der Waals surface area (Å²) in [6, 6.07) is 3.47. The Bertz CT molecular complexity index is 1090. The number of pyridine rings is 1. The summed E-state index contributed by atoms with van der Waals surface area (Å²) < 4.78 is 11.1. The van der Waals surface area contributed by atoms with Gasteiger partial charge in [-0.1, -0.05) is 13.8 Å². The lowest BCUT2D eigenvalue weighted by atomic mass is 9.42. The molecule has 0 aromatic carbocycles. The maximum atomic E-state index is 12.6. The van der Waals surface area contributed by atoms with Crippen molar-refractivity contribution in [2.24, 2.45) is 34.5 Å². The van der Waals surface area contributed by atoms with Crippen LogP contribution in [0.2, 0.25) is 0 Å². The van der Waals surface area contributed by atoms with E-state index in [4.69, 9.17) is 9.47 Å². The van der Waals surface area contributed by atoms with Crippen LogP contribution in [0.5, 0.6) is 0 Å². The van der Waals surface area contributed by atoms with Gasteiger partial charge in [-0.15, -0.1) is 0 Å². The van der Waals surface area contributed by atoms with Crippen molar-refractivity contribution in [2.45, 2.75) is 83.0 Å². The van der Waals surface area contributed by atoms with E-state index < -0.39 is 17.1 Å². The van der Waals surface area contributed by atoms with Gasteiger partial charge in [0.25, 0.3) is 0 Å². The third-order valence-corrected chi connectivity index (χ3v) is 11.2. The van der Waals surface area contributed by atoms with Crippen molar-refractivity contribution in [3.8, 4) is 0 Å². The van der Waals surface area contributed by atoms with Crippen molar-refractivity contribution in [1.82, 2.24) is 4.98 Å². The number of aliphatic hydroxyl groups is 2. The third-order valence-electron chi connectivity index (χ3n) is 11.2. The van der Waals surface area contributed by atoms with E-state index in [1.54, 1.807) is 30.6 Å². The van der Waals surface area contributed by atoms with Crippen LogP contribution in [0.4, 0.5) is 0 Å². The zero-order valence-electron chi connectivity index (χ0n) is 21.2. The molecule has 0 amide bonds. The molecule has 9 atom stereocenters. The average Bonchev–Trinajstić information content (AvgIpc) is 3.41. The zero-order chi connectivity index (χ0) is 25.3. The summed E-state index contributed by atoms with van der Waals surface area (Å²) >= 11 is 0. The molecule has 5 aliphatic rings. The van der Waals surface area contributed by atoms with Gasteiger partial charge in [-0.05, 0) is 98.2 Å². The molecule has 1 aliphatic heterocycles. The molecule has 0 unspecified atom stereocenters. The van der Waals surface area contributed by atoms with Crippen molar-refractivity contribution >= 4 is 11.9 Å². The lowest BCUT2D eigenvalue weighted by Gasteiger charge is -2.65. The van der Waals surface area contributed by atoms with Gasteiger partial charge in [-0.25, -0.2) is 9.59 Å². The van der Waals surface area contributed by atoms with Gasteiger partial charge in [0.1, 0.15) is 12.7 Å². The van der Waals surface area contributed by atoms with Crippen LogP contribution in [0.25, 0.3) is 0 Å². The van der Waals surface area contributed by atoms with Crippen molar-refractivity contribution in [3.63, 3.8) is 0 Å². The Kier molecular flexibility index (Phi) is 5.61. The van der Waals surface area contributed by atoms with Crippen LogP contribution in [-0.2, 0) is 14.3 Å². The van der Waals surface area contributed by atoms with E-state index in [0.717, 1.165) is 44.1 Å². The fourth-order valence-corrected chi connectivity index (χ4v) is 9.16. The molecule has 0 saturated heterocycles. The number of nitrogens with zero attached hydrogens (tertiary/aromatic N) is 1. The second-order valence-corrected chi connectivity index (χ2v) is 12.4. The summed E-state index contributed by atoms with van der Waals surface area (Å²) in [5.74, 6) is 0.0439. The van der Waals surface area contributed by atoms with E-state index in [-0.39, 0.29) is 47.8 Å². The van der Waals surface area contributed by atoms with Crippen molar-refractivity contribution in [3.05, 3.63) is 41.7 Å². The number of cyclic esters (lactones) is 1. The van der Waals surface area contributed by atoms with Crippen LogP contribution >= 0.6 is 0 Å². The number of aliphatic hydroxyl groups excluding tert-OH is 1. The van der Waals surface area contributed by atoms with Crippen LogP contribution in [-0.4, -0.2) is 51.6 Å². The summed E-state index contributed by atoms with van der Waals surface area (Å²) in [6.45, 7) is 4.65. The van der Waals surface area contributed by atoms with Gasteiger partial charge in [0, 0.05) is 23.9 Å². The number of carbonyl (C=O) groups is 2. The first-order valence-corrected chi connectivity index (χ1v) is 13.6. The van der Waals surface area contributed by atoms with Gasteiger partial charge in [-0.2, -0.15) is 0 Å². The van der Waals surface area contributed by atoms with E-state index >= 15 is 0 Å². The minimum atomic E-state index is -0.968. The Hall–Kier alpha value is -2.25. The monoisotopic (exact) mass is 495 g/mol. The number of aromatic nitrogens is 1. The van der Waals surface area contributed by atoms with Crippen molar-refractivity contribution in [2.75, 3.05) is 6.61 Å². The molecule has 1 aromatic rings. The predicted octanol–water partition coefficient (Wildman–Crippen LogP) is 3.83. The molecule has 6 rings (SSSR count). The van der Waals surface area contributed by atoms with Gasteiger partial charge < -0.3 is 19.7 Å². The molecule has 4 aliphatic carbocycles. The van der Waals surface area contributed by atoms with E-state index in [1.165, 1.54) is 0 Å². The van der Waals surface area contributed by atoms with Gasteiger partial charge in [-0.3, -0.25) is 4.98 Å². The smallest absolute Gasteiger partial charge is 0.339 e. The fraction of sp³-hybridized carbons (Fsp3) is 0.690. The highest BCUT2D eigenvalue weighted by atomic mass is 16.5. The number of rotatable bonds is 3. The van der Waals surface area contributed by atoms with Gasteiger partial charge in [0.05, 0.1) is 17.3 Å². The highest BCUT2D eigenvalue weighted by Crippen LogP contribution is 2.70. The first-order chi connectivity index (χ1) is 17.2. The maximum absolute atomic E-state index is 12.6. The van der Waals surface area contributed by atoms with E-state index in [9.17, 15) is 19.8 Å². The largest absolute Gasteiger partial charge is 0.459 e. The molecule has 0 radical (unpaired) electrons. The molecule has 2 heterocycles. The Labute approximate surface area is 212 Å². The van der Waals surface area contributed by atoms with Crippen LogP contribution in [0.3, 0.4) is 0 Å². The van der Waals surface area contributed by atoms with Crippen molar-refractivity contribution < 1.29 is 29.3 Å². The number of ether oxygens (including phenoxy) is 2. The standard InChI is InChI=1S/C29H37NO6/c1-27-9-7-20(36-26(33)17-4-3-11-30-15-17)13-19(27)5-6-22-23(27)14-24(31)28(2)21(8-10-29(22,28)34)18-12-25(32)35-16-18/h3-4,11-12,15,19-24,31,34H,5-10,13-14,16H2,1-2H3/t19-,20-,21-,22+,23+,24-,27-,28-,29+/m0/s1. The highest BCUT2D eigenvalue weighted by molar-refractivity contribution is 5.89. The number of fused-ring (bicyclic) bond motifs is 5. The normalized spacial score (nSPS) is 45.7. The molecular formula is C29H37NO6. The Morgan fingerprint density at radius 1 is 1.14 bits per heavy atom. The Morgan fingerprint density at radius 3 is 2.69 bits per heavy atom. The third kappa shape index (κ3) is 3.34. The SMILES string of the molecule is C[C@]12CC[C@H](OC(=O)c3cccnc3)C[C@@H]1CC[C@@H]1[C@H]2C[C@H](O)[C@]2(C)[C@H](C3=CC(=O)OC3)CC[C@@]12O. The van der Waals surface area contributed by atoms with Crippen LogP contribution in [0.15, 0.2) is 36.2 Å². The molecule has 4 saturated carbocycles. The summed E-state index contributed by atoms with van der Waals surface area (Å²) in [5, 5.41) is 24.0. The van der Waals surface area contributed by atoms with Crippen LogP contribution in [0.1, 0.15) is 75.6 Å². The molecule has 194 valence electrons. The van der Waals surface area contributed by atoms with Crippen LogP contribution in [0, 0.1) is 34.5 Å². The molecule has 0 spiro atoms. The number of hydrogen-bond donors (Lipinski definition) is 2. The zero-order valence-corrected chi connectivity index (χ0v) is 21.2. The van der Waals surface area contributed by atoms with Crippen LogP contribution < -0.4 is 0 Å². The van der Waals surface area contributed by atoms with Gasteiger partial charge in [0.15, 0.2) is 0 Å². The summed E-state index contributed by atoms with van der Waals surface area (Å²) in [4.78, 5) is 28.4. The molecule has 1 aromatic heterocycles. The minimum Gasteiger partial charge on any atom is -0.459 e. The molecule has 36 heavy (non-hydrogen) atoms. The number of hydrogen-bond acceptors (Lipinski definition) is 7. The molecule has 4 fully saturated rings. The lowest BCUT2D eigenvalue weighted by Crippen LogP contribution is -2.67.